The summed E-state index contributed by atoms with van der Waals surface area (Å²) >= 11 is 0. The number of Topliss-reactive ketones (excluding diaryl/α,β-unsaturated/α-hetero) is 1. The first-order valence-corrected chi connectivity index (χ1v) is 10.1. The SMILES string of the molecule is COC(=O)CCCC=CC[C@H]1C(=O)C[C@@H](O)[C@@H]1C=CCC(O)C1(C)CCC1. The Kier molecular flexibility index (Phi) is 8.24. The molecular formula is C22H34O5. The van der Waals surface area contributed by atoms with E-state index < -0.39 is 6.10 Å². The Morgan fingerprint density at radius 1 is 1.33 bits per heavy atom. The van der Waals surface area contributed by atoms with E-state index in [1.165, 1.54) is 13.5 Å². The Balaban J connectivity index is 1.80. The third kappa shape index (κ3) is 6.01. The van der Waals surface area contributed by atoms with Gasteiger partial charge in [0.1, 0.15) is 5.78 Å². The molecule has 2 aliphatic rings. The van der Waals surface area contributed by atoms with Gasteiger partial charge in [-0.25, -0.2) is 0 Å². The zero-order chi connectivity index (χ0) is 19.9. The van der Waals surface area contributed by atoms with Crippen LogP contribution in [0.25, 0.3) is 0 Å². The second-order valence-electron chi connectivity index (χ2n) is 8.28. The predicted molar refractivity (Wildman–Crippen MR) is 104 cm³/mol. The van der Waals surface area contributed by atoms with Gasteiger partial charge in [-0.2, -0.15) is 0 Å². The number of methoxy groups -OCH3 is 1. The summed E-state index contributed by atoms with van der Waals surface area (Å²) in [5.74, 6) is -0.494. The van der Waals surface area contributed by atoms with E-state index in [0.717, 1.165) is 25.7 Å². The average molecular weight is 379 g/mol. The van der Waals surface area contributed by atoms with Gasteiger partial charge in [-0.05, 0) is 43.9 Å². The first-order valence-electron chi connectivity index (χ1n) is 10.1. The minimum absolute atomic E-state index is 0.0286. The fraction of sp³-hybridized carbons (Fsp3) is 0.727. The van der Waals surface area contributed by atoms with Crippen molar-refractivity contribution in [2.45, 2.75) is 76.9 Å². The maximum Gasteiger partial charge on any atom is 0.305 e. The van der Waals surface area contributed by atoms with Gasteiger partial charge in [0.15, 0.2) is 0 Å². The Morgan fingerprint density at radius 2 is 2.07 bits per heavy atom. The fourth-order valence-electron chi connectivity index (χ4n) is 4.07. The number of carbonyl (C=O) groups is 2. The highest BCUT2D eigenvalue weighted by Crippen LogP contribution is 2.44. The van der Waals surface area contributed by atoms with Gasteiger partial charge in [0, 0.05) is 24.7 Å². The molecule has 2 aliphatic carbocycles. The number of ketones is 1. The zero-order valence-electron chi connectivity index (χ0n) is 16.6. The smallest absolute Gasteiger partial charge is 0.305 e. The van der Waals surface area contributed by atoms with Gasteiger partial charge in [-0.1, -0.05) is 37.6 Å². The number of aliphatic hydroxyl groups is 2. The highest BCUT2D eigenvalue weighted by Gasteiger charge is 2.40. The summed E-state index contributed by atoms with van der Waals surface area (Å²) in [6.07, 6.45) is 13.4. The topological polar surface area (TPSA) is 83.8 Å². The summed E-state index contributed by atoms with van der Waals surface area (Å²) in [4.78, 5) is 23.3. The molecule has 0 aromatic heterocycles. The third-order valence-electron chi connectivity index (χ3n) is 6.29. The molecule has 0 spiro atoms. The van der Waals surface area contributed by atoms with Crippen LogP contribution in [0.2, 0.25) is 0 Å². The van der Waals surface area contributed by atoms with Crippen LogP contribution in [-0.2, 0) is 14.3 Å². The molecule has 4 atom stereocenters. The van der Waals surface area contributed by atoms with E-state index in [4.69, 9.17) is 0 Å². The van der Waals surface area contributed by atoms with Crippen LogP contribution in [0.3, 0.4) is 0 Å². The third-order valence-corrected chi connectivity index (χ3v) is 6.29. The number of unbranched alkanes of at least 4 members (excludes halogenated alkanes) is 1. The lowest BCUT2D eigenvalue weighted by molar-refractivity contribution is -0.140. The molecule has 2 fully saturated rings. The first kappa shape index (κ1) is 21.8. The minimum atomic E-state index is -0.636. The van der Waals surface area contributed by atoms with Gasteiger partial charge in [0.2, 0.25) is 0 Å². The number of ether oxygens (including phenoxy) is 1. The monoisotopic (exact) mass is 378 g/mol. The van der Waals surface area contributed by atoms with Crippen LogP contribution in [0, 0.1) is 17.3 Å². The van der Waals surface area contributed by atoms with Crippen molar-refractivity contribution >= 4 is 11.8 Å². The Labute approximate surface area is 162 Å². The molecule has 2 N–H and O–H groups in total. The van der Waals surface area contributed by atoms with Gasteiger partial charge < -0.3 is 14.9 Å². The van der Waals surface area contributed by atoms with Crippen LogP contribution in [0.4, 0.5) is 0 Å². The zero-order valence-corrected chi connectivity index (χ0v) is 16.6. The number of aliphatic hydroxyl groups excluding tert-OH is 2. The molecule has 0 aromatic carbocycles. The second kappa shape index (κ2) is 10.2. The number of hydrogen-bond acceptors (Lipinski definition) is 5. The van der Waals surface area contributed by atoms with Crippen molar-refractivity contribution in [3.05, 3.63) is 24.3 Å². The summed E-state index contributed by atoms with van der Waals surface area (Å²) in [7, 11) is 1.38. The molecule has 5 nitrogen and oxygen atoms in total. The molecule has 27 heavy (non-hydrogen) atoms. The van der Waals surface area contributed by atoms with Crippen LogP contribution >= 0.6 is 0 Å². The number of carbonyl (C=O) groups excluding carboxylic acids is 2. The van der Waals surface area contributed by atoms with Crippen molar-refractivity contribution in [1.29, 1.82) is 0 Å². The van der Waals surface area contributed by atoms with Gasteiger partial charge in [0.05, 0.1) is 19.3 Å². The van der Waals surface area contributed by atoms with E-state index in [1.54, 1.807) is 0 Å². The van der Waals surface area contributed by atoms with Crippen LogP contribution in [0.5, 0.6) is 0 Å². The molecule has 0 aromatic rings. The number of allylic oxidation sites excluding steroid dienone is 2. The van der Waals surface area contributed by atoms with E-state index in [2.05, 4.69) is 11.7 Å². The Hall–Kier alpha value is -1.46. The summed E-state index contributed by atoms with van der Waals surface area (Å²) in [6, 6.07) is 0. The number of rotatable bonds is 10. The minimum Gasteiger partial charge on any atom is -0.469 e. The standard InChI is InChI=1S/C22H34O5/c1-22(13-8-14-22)20(25)11-7-10-17-16(18(23)15-19(17)24)9-5-3-4-6-12-21(26)27-2/h3,5,7,10,16-17,19-20,24-25H,4,6,8-9,11-15H2,1-2H3/t16-,17-,19-,20?/m1/s1. The van der Waals surface area contributed by atoms with Crippen molar-refractivity contribution in [3.8, 4) is 0 Å². The molecule has 2 rings (SSSR count). The van der Waals surface area contributed by atoms with E-state index in [0.29, 0.717) is 19.3 Å². The van der Waals surface area contributed by atoms with Crippen molar-refractivity contribution in [2.75, 3.05) is 7.11 Å². The highest BCUT2D eigenvalue weighted by molar-refractivity contribution is 5.84. The largest absolute Gasteiger partial charge is 0.469 e. The molecule has 0 bridgehead atoms. The lowest BCUT2D eigenvalue weighted by Gasteiger charge is -2.42. The molecule has 0 aliphatic heterocycles. The van der Waals surface area contributed by atoms with Gasteiger partial charge in [-0.3, -0.25) is 9.59 Å². The Morgan fingerprint density at radius 3 is 2.70 bits per heavy atom. The molecular weight excluding hydrogens is 344 g/mol. The average Bonchev–Trinajstić information content (AvgIpc) is 2.88. The van der Waals surface area contributed by atoms with Crippen molar-refractivity contribution in [3.63, 3.8) is 0 Å². The van der Waals surface area contributed by atoms with Crippen LogP contribution in [-0.4, -0.2) is 41.3 Å². The van der Waals surface area contributed by atoms with Gasteiger partial charge >= 0.3 is 5.97 Å². The normalized spacial score (nSPS) is 28.6. The Bertz CT molecular complexity index is 561. The van der Waals surface area contributed by atoms with Crippen molar-refractivity contribution in [2.24, 2.45) is 17.3 Å². The number of esters is 1. The fourth-order valence-corrected chi connectivity index (χ4v) is 4.07. The van der Waals surface area contributed by atoms with E-state index in [9.17, 15) is 19.8 Å². The molecule has 0 radical (unpaired) electrons. The summed E-state index contributed by atoms with van der Waals surface area (Å²) in [6.45, 7) is 2.12. The predicted octanol–water partition coefficient (Wildman–Crippen LogP) is 3.34. The maximum atomic E-state index is 12.2. The molecule has 1 unspecified atom stereocenters. The van der Waals surface area contributed by atoms with E-state index >= 15 is 0 Å². The molecule has 0 heterocycles. The summed E-state index contributed by atoms with van der Waals surface area (Å²) in [5.41, 5.74) is 0.0286. The van der Waals surface area contributed by atoms with E-state index in [-0.39, 0.29) is 41.5 Å². The molecule has 0 amide bonds. The van der Waals surface area contributed by atoms with Crippen LogP contribution < -0.4 is 0 Å². The lowest BCUT2D eigenvalue weighted by Crippen LogP contribution is -2.38. The summed E-state index contributed by atoms with van der Waals surface area (Å²) < 4.78 is 4.60. The van der Waals surface area contributed by atoms with E-state index in [1.807, 2.05) is 24.3 Å². The lowest BCUT2D eigenvalue weighted by atomic mass is 9.66. The summed E-state index contributed by atoms with van der Waals surface area (Å²) in [5, 5.41) is 20.6. The quantitative estimate of drug-likeness (QED) is 0.346. The van der Waals surface area contributed by atoms with Gasteiger partial charge in [-0.15, -0.1) is 0 Å². The molecule has 0 saturated heterocycles. The highest BCUT2D eigenvalue weighted by atomic mass is 16.5. The van der Waals surface area contributed by atoms with Crippen molar-refractivity contribution in [1.82, 2.24) is 0 Å². The maximum absolute atomic E-state index is 12.2. The molecule has 2 saturated carbocycles. The second-order valence-corrected chi connectivity index (χ2v) is 8.28. The van der Waals surface area contributed by atoms with Crippen LogP contribution in [0.1, 0.15) is 64.7 Å². The molecule has 5 heteroatoms. The first-order chi connectivity index (χ1) is 12.9. The van der Waals surface area contributed by atoms with Gasteiger partial charge in [0.25, 0.3) is 0 Å². The number of hydrogen-bond donors (Lipinski definition) is 2. The van der Waals surface area contributed by atoms with Crippen molar-refractivity contribution < 1.29 is 24.5 Å². The van der Waals surface area contributed by atoms with Crippen LogP contribution in [0.15, 0.2) is 24.3 Å². The molecule has 152 valence electrons.